The fourth-order valence-electron chi connectivity index (χ4n) is 4.64. The van der Waals surface area contributed by atoms with Gasteiger partial charge in [-0.3, -0.25) is 4.90 Å². The van der Waals surface area contributed by atoms with Crippen molar-refractivity contribution in [1.29, 1.82) is 0 Å². The van der Waals surface area contributed by atoms with E-state index in [9.17, 15) is 5.11 Å². The largest absolute Gasteiger partial charge is 0.385 e. The number of fused-ring (bicyclic) bond motifs is 2. The van der Waals surface area contributed by atoms with Gasteiger partial charge in [0, 0.05) is 18.6 Å². The second-order valence-corrected chi connectivity index (χ2v) is 7.78. The van der Waals surface area contributed by atoms with E-state index in [0.717, 1.165) is 24.9 Å². The van der Waals surface area contributed by atoms with Crippen LogP contribution in [0.4, 0.5) is 0 Å². The van der Waals surface area contributed by atoms with Crippen LogP contribution in [0.5, 0.6) is 0 Å². The molecule has 0 aromatic heterocycles. The third-order valence-electron chi connectivity index (χ3n) is 6.17. The van der Waals surface area contributed by atoms with Gasteiger partial charge in [-0.25, -0.2) is 0 Å². The van der Waals surface area contributed by atoms with Gasteiger partial charge in [-0.15, -0.1) is 0 Å². The summed E-state index contributed by atoms with van der Waals surface area (Å²) < 4.78 is 0. The summed E-state index contributed by atoms with van der Waals surface area (Å²) in [5.41, 5.74) is 4.41. The van der Waals surface area contributed by atoms with Crippen LogP contribution in [0.15, 0.2) is 48.5 Å². The number of hydrogen-bond acceptors (Lipinski definition) is 2. The summed E-state index contributed by atoms with van der Waals surface area (Å²) in [6.07, 6.45) is 4.15. The highest BCUT2D eigenvalue weighted by Crippen LogP contribution is 2.46. The third kappa shape index (κ3) is 2.78. The van der Waals surface area contributed by atoms with E-state index in [0.29, 0.717) is 12.1 Å². The number of aryl methyl sites for hydroxylation is 2. The molecule has 2 aliphatic rings. The quantitative estimate of drug-likeness (QED) is 0.910. The number of benzene rings is 2. The number of piperidine rings is 1. The zero-order valence-electron chi connectivity index (χ0n) is 14.7. The molecule has 2 nitrogen and oxygen atoms in total. The SMILES string of the molecule is Cc1ccc(C2(O)CC3CCC(C2)N3Cc2ccccc2)cc1C. The van der Waals surface area contributed by atoms with Crippen LogP contribution in [0.25, 0.3) is 0 Å². The van der Waals surface area contributed by atoms with Crippen LogP contribution < -0.4 is 0 Å². The van der Waals surface area contributed by atoms with Crippen molar-refractivity contribution in [3.63, 3.8) is 0 Å². The Morgan fingerprint density at radius 3 is 2.25 bits per heavy atom. The Balaban J connectivity index is 1.56. The maximum Gasteiger partial charge on any atom is 0.0926 e. The lowest BCUT2D eigenvalue weighted by Crippen LogP contribution is -2.49. The molecular weight excluding hydrogens is 294 g/mol. The summed E-state index contributed by atoms with van der Waals surface area (Å²) in [7, 11) is 0. The minimum absolute atomic E-state index is 0.496. The van der Waals surface area contributed by atoms with Crippen molar-refractivity contribution in [1.82, 2.24) is 4.90 Å². The van der Waals surface area contributed by atoms with Crippen LogP contribution in [0.1, 0.15) is 47.9 Å². The van der Waals surface area contributed by atoms with E-state index in [1.165, 1.54) is 29.5 Å². The predicted molar refractivity (Wildman–Crippen MR) is 97.8 cm³/mol. The Morgan fingerprint density at radius 1 is 0.958 bits per heavy atom. The average Bonchev–Trinajstić information content (AvgIpc) is 2.82. The van der Waals surface area contributed by atoms with E-state index in [1.54, 1.807) is 0 Å². The zero-order chi connectivity index (χ0) is 16.7. The van der Waals surface area contributed by atoms with Crippen LogP contribution in [0.3, 0.4) is 0 Å². The summed E-state index contributed by atoms with van der Waals surface area (Å²) in [5, 5.41) is 11.4. The van der Waals surface area contributed by atoms with Gasteiger partial charge in [0.05, 0.1) is 5.60 Å². The standard InChI is InChI=1S/C22H27NO/c1-16-8-9-19(12-17(16)2)22(24)13-20-10-11-21(14-22)23(20)15-18-6-4-3-5-7-18/h3-9,12,20-21,24H,10-11,13-15H2,1-2H3. The molecule has 2 aromatic carbocycles. The van der Waals surface area contributed by atoms with Crippen LogP contribution >= 0.6 is 0 Å². The van der Waals surface area contributed by atoms with Gasteiger partial charge in [-0.2, -0.15) is 0 Å². The lowest BCUT2D eigenvalue weighted by molar-refractivity contribution is -0.0595. The molecule has 0 aliphatic carbocycles. The highest BCUT2D eigenvalue weighted by molar-refractivity contribution is 5.34. The van der Waals surface area contributed by atoms with Gasteiger partial charge in [-0.1, -0.05) is 48.5 Å². The molecule has 2 aliphatic heterocycles. The van der Waals surface area contributed by atoms with Gasteiger partial charge in [0.1, 0.15) is 0 Å². The van der Waals surface area contributed by atoms with Crippen molar-refractivity contribution in [2.24, 2.45) is 0 Å². The van der Waals surface area contributed by atoms with Gasteiger partial charge >= 0.3 is 0 Å². The molecule has 2 heteroatoms. The minimum Gasteiger partial charge on any atom is -0.385 e. The average molecular weight is 321 g/mol. The van der Waals surface area contributed by atoms with Crippen LogP contribution in [-0.2, 0) is 12.1 Å². The molecule has 0 amide bonds. The molecule has 2 aromatic rings. The van der Waals surface area contributed by atoms with Crippen molar-refractivity contribution < 1.29 is 5.11 Å². The Kier molecular flexibility index (Phi) is 3.98. The predicted octanol–water partition coefficient (Wildman–Crippen LogP) is 4.32. The van der Waals surface area contributed by atoms with Crippen LogP contribution in [-0.4, -0.2) is 22.1 Å². The lowest BCUT2D eigenvalue weighted by Gasteiger charge is -2.44. The second-order valence-electron chi connectivity index (χ2n) is 7.78. The molecule has 0 spiro atoms. The molecule has 0 saturated carbocycles. The van der Waals surface area contributed by atoms with Crippen molar-refractivity contribution in [3.8, 4) is 0 Å². The molecule has 2 saturated heterocycles. The van der Waals surface area contributed by atoms with Crippen molar-refractivity contribution in [2.45, 2.75) is 63.8 Å². The first-order valence-electron chi connectivity index (χ1n) is 9.15. The van der Waals surface area contributed by atoms with Crippen molar-refractivity contribution >= 4 is 0 Å². The maximum absolute atomic E-state index is 11.4. The van der Waals surface area contributed by atoms with E-state index in [2.05, 4.69) is 67.3 Å². The summed E-state index contributed by atoms with van der Waals surface area (Å²) >= 11 is 0. The molecule has 126 valence electrons. The monoisotopic (exact) mass is 321 g/mol. The number of rotatable bonds is 3. The van der Waals surface area contributed by atoms with Crippen LogP contribution in [0, 0.1) is 13.8 Å². The molecule has 2 bridgehead atoms. The highest BCUT2D eigenvalue weighted by atomic mass is 16.3. The fraction of sp³-hybridized carbons (Fsp3) is 0.455. The Labute approximate surface area is 145 Å². The van der Waals surface area contributed by atoms with Gasteiger partial charge in [0.15, 0.2) is 0 Å². The normalized spacial score (nSPS) is 29.8. The molecule has 2 heterocycles. The topological polar surface area (TPSA) is 23.5 Å². The van der Waals surface area contributed by atoms with E-state index in [-0.39, 0.29) is 0 Å². The molecule has 4 rings (SSSR count). The smallest absolute Gasteiger partial charge is 0.0926 e. The first-order valence-corrected chi connectivity index (χ1v) is 9.15. The first kappa shape index (κ1) is 15.9. The second kappa shape index (κ2) is 6.02. The molecule has 2 unspecified atom stereocenters. The third-order valence-corrected chi connectivity index (χ3v) is 6.17. The Morgan fingerprint density at radius 2 is 1.62 bits per heavy atom. The first-order chi connectivity index (χ1) is 11.5. The van der Waals surface area contributed by atoms with Gasteiger partial charge in [0.2, 0.25) is 0 Å². The van der Waals surface area contributed by atoms with Crippen molar-refractivity contribution in [2.75, 3.05) is 0 Å². The number of hydrogen-bond donors (Lipinski definition) is 1. The van der Waals surface area contributed by atoms with E-state index in [1.807, 2.05) is 0 Å². The molecule has 1 N–H and O–H groups in total. The lowest BCUT2D eigenvalue weighted by atomic mass is 9.79. The number of nitrogens with zero attached hydrogens (tertiary/aromatic N) is 1. The molecule has 24 heavy (non-hydrogen) atoms. The molecular formula is C22H27NO. The van der Waals surface area contributed by atoms with Gasteiger partial charge in [0.25, 0.3) is 0 Å². The van der Waals surface area contributed by atoms with E-state index < -0.39 is 5.60 Å². The highest BCUT2D eigenvalue weighted by Gasteiger charge is 2.48. The fourth-order valence-corrected chi connectivity index (χ4v) is 4.64. The minimum atomic E-state index is -0.655. The zero-order valence-corrected chi connectivity index (χ0v) is 14.7. The molecule has 2 fully saturated rings. The molecule has 2 atom stereocenters. The van der Waals surface area contributed by atoms with E-state index >= 15 is 0 Å². The number of aliphatic hydroxyl groups is 1. The van der Waals surface area contributed by atoms with Gasteiger partial charge in [-0.05, 0) is 61.8 Å². The summed E-state index contributed by atoms with van der Waals surface area (Å²) in [4.78, 5) is 2.63. The Bertz CT molecular complexity index is 710. The summed E-state index contributed by atoms with van der Waals surface area (Å²) in [6.45, 7) is 5.29. The van der Waals surface area contributed by atoms with E-state index in [4.69, 9.17) is 0 Å². The molecule has 0 radical (unpaired) electrons. The summed E-state index contributed by atoms with van der Waals surface area (Å²) in [5.74, 6) is 0. The maximum atomic E-state index is 11.4. The van der Waals surface area contributed by atoms with Crippen LogP contribution in [0.2, 0.25) is 0 Å². The summed E-state index contributed by atoms with van der Waals surface area (Å²) in [6, 6.07) is 18.2. The van der Waals surface area contributed by atoms with Gasteiger partial charge < -0.3 is 5.11 Å². The Hall–Kier alpha value is -1.64. The van der Waals surface area contributed by atoms with Crippen molar-refractivity contribution in [3.05, 3.63) is 70.8 Å².